The van der Waals surface area contributed by atoms with Crippen molar-refractivity contribution in [3.05, 3.63) is 139 Å². The summed E-state index contributed by atoms with van der Waals surface area (Å²) in [5, 5.41) is 5.16. The van der Waals surface area contributed by atoms with Gasteiger partial charge in [0.25, 0.3) is 22.9 Å². The van der Waals surface area contributed by atoms with Crippen LogP contribution in [0, 0.1) is 0 Å². The fourth-order valence-corrected chi connectivity index (χ4v) is 4.13. The number of pyridine rings is 2. The van der Waals surface area contributed by atoms with Crippen LogP contribution in [0.4, 0.5) is 0 Å². The molecule has 45 heavy (non-hydrogen) atoms. The molecule has 0 fully saturated rings. The van der Waals surface area contributed by atoms with Gasteiger partial charge in [-0.3, -0.25) is 24.0 Å². The lowest BCUT2D eigenvalue weighted by Gasteiger charge is -2.16. The molecule has 232 valence electrons. The van der Waals surface area contributed by atoms with Gasteiger partial charge in [0, 0.05) is 13.1 Å². The van der Waals surface area contributed by atoms with E-state index in [1.165, 1.54) is 25.1 Å². The quantitative estimate of drug-likeness (QED) is 0.129. The first-order chi connectivity index (χ1) is 21.7. The van der Waals surface area contributed by atoms with Crippen LogP contribution in [0.5, 0.6) is 0 Å². The number of hydrogen-bond donors (Lipinski definition) is 2. The monoisotopic (exact) mass is 614 g/mol. The Morgan fingerprint density at radius 1 is 0.622 bits per heavy atom. The third-order valence-electron chi connectivity index (χ3n) is 6.44. The number of methoxy groups -OCH3 is 1. The van der Waals surface area contributed by atoms with Crippen molar-refractivity contribution in [2.75, 3.05) is 20.2 Å². The number of esters is 1. The van der Waals surface area contributed by atoms with Crippen LogP contribution in [0.25, 0.3) is 0 Å². The molecule has 0 spiro atoms. The number of rotatable bonds is 13. The zero-order chi connectivity index (χ0) is 32.3. The Bertz CT molecular complexity index is 1820. The SMILES string of the molecule is COC(=O)c1ccc(C(=O)NCCNC(=O)c2ccc(C(C)=O)c(=O)n2OCc2ccccc2)n(OCc2ccccc2)c1=O. The predicted octanol–water partition coefficient (Wildman–Crippen LogP) is 1.42. The van der Waals surface area contributed by atoms with E-state index in [-0.39, 0.29) is 48.8 Å². The number of benzene rings is 2. The van der Waals surface area contributed by atoms with Gasteiger partial charge in [-0.15, -0.1) is 9.46 Å². The highest BCUT2D eigenvalue weighted by Gasteiger charge is 2.21. The number of amides is 2. The molecule has 0 aliphatic heterocycles. The van der Waals surface area contributed by atoms with Crippen molar-refractivity contribution >= 4 is 23.6 Å². The third kappa shape index (κ3) is 7.90. The van der Waals surface area contributed by atoms with Crippen LogP contribution in [-0.2, 0) is 18.0 Å². The number of nitrogens with zero attached hydrogens (tertiary/aromatic N) is 2. The zero-order valence-electron chi connectivity index (χ0n) is 24.5. The fraction of sp³-hybridized carbons (Fsp3) is 0.188. The lowest BCUT2D eigenvalue weighted by molar-refractivity contribution is 0.0563. The smallest absolute Gasteiger partial charge is 0.343 e. The third-order valence-corrected chi connectivity index (χ3v) is 6.44. The molecular formula is C32H30N4O9. The summed E-state index contributed by atoms with van der Waals surface area (Å²) in [6.07, 6.45) is 0. The summed E-state index contributed by atoms with van der Waals surface area (Å²) >= 11 is 0. The first-order valence-electron chi connectivity index (χ1n) is 13.7. The summed E-state index contributed by atoms with van der Waals surface area (Å²) in [6.45, 7) is 0.952. The minimum Gasteiger partial charge on any atom is -0.465 e. The minimum atomic E-state index is -0.894. The van der Waals surface area contributed by atoms with Crippen molar-refractivity contribution in [2.24, 2.45) is 0 Å². The highest BCUT2D eigenvalue weighted by molar-refractivity contribution is 5.96. The van der Waals surface area contributed by atoms with Gasteiger partial charge in [0.05, 0.1) is 12.7 Å². The fourth-order valence-electron chi connectivity index (χ4n) is 4.13. The maximum absolute atomic E-state index is 13.0. The summed E-state index contributed by atoms with van der Waals surface area (Å²) in [4.78, 5) is 87.2. The summed E-state index contributed by atoms with van der Waals surface area (Å²) in [7, 11) is 1.12. The number of carbonyl (C=O) groups is 4. The molecule has 0 radical (unpaired) electrons. The molecule has 0 bridgehead atoms. The number of ether oxygens (including phenoxy) is 1. The molecule has 2 aromatic heterocycles. The molecule has 0 aliphatic carbocycles. The Hall–Kier alpha value is -5.98. The standard InChI is InChI=1S/C32H30N4O9/c1-21(37)24-13-15-26(35(30(24)40)44-19-22-9-5-3-6-10-22)28(38)33-17-18-34-29(39)27-16-14-25(32(42)43-2)31(41)36(27)45-20-23-11-7-4-8-12-23/h3-16H,17-20H2,1-2H3,(H,33,38)(H,34,39). The van der Waals surface area contributed by atoms with E-state index in [2.05, 4.69) is 15.4 Å². The van der Waals surface area contributed by atoms with E-state index in [1.807, 2.05) is 12.1 Å². The topological polar surface area (TPSA) is 164 Å². The van der Waals surface area contributed by atoms with Gasteiger partial charge in [0.1, 0.15) is 30.2 Å². The molecule has 13 heteroatoms. The lowest BCUT2D eigenvalue weighted by Crippen LogP contribution is -2.41. The Morgan fingerprint density at radius 3 is 1.47 bits per heavy atom. The summed E-state index contributed by atoms with van der Waals surface area (Å²) in [5.74, 6) is -2.80. The van der Waals surface area contributed by atoms with E-state index >= 15 is 0 Å². The van der Waals surface area contributed by atoms with Crippen molar-refractivity contribution in [1.29, 1.82) is 0 Å². The average Bonchev–Trinajstić information content (AvgIpc) is 3.05. The maximum Gasteiger partial charge on any atom is 0.343 e. The number of aromatic nitrogens is 2. The van der Waals surface area contributed by atoms with Crippen molar-refractivity contribution in [3.63, 3.8) is 0 Å². The van der Waals surface area contributed by atoms with Gasteiger partial charge in [-0.05, 0) is 42.3 Å². The van der Waals surface area contributed by atoms with Gasteiger partial charge in [-0.2, -0.15) is 0 Å². The van der Waals surface area contributed by atoms with Crippen LogP contribution >= 0.6 is 0 Å². The molecule has 2 N–H and O–H groups in total. The van der Waals surface area contributed by atoms with Gasteiger partial charge in [0.15, 0.2) is 5.78 Å². The summed E-state index contributed by atoms with van der Waals surface area (Å²) in [5.41, 5.74) is -1.06. The molecule has 4 aromatic rings. The van der Waals surface area contributed by atoms with Crippen LogP contribution in [0.1, 0.15) is 59.7 Å². The lowest BCUT2D eigenvalue weighted by atomic mass is 10.2. The van der Waals surface area contributed by atoms with E-state index in [4.69, 9.17) is 9.68 Å². The van der Waals surface area contributed by atoms with Crippen LogP contribution < -0.4 is 31.4 Å². The van der Waals surface area contributed by atoms with Gasteiger partial charge < -0.3 is 25.0 Å². The number of hydrogen-bond acceptors (Lipinski definition) is 9. The first-order valence-corrected chi connectivity index (χ1v) is 13.7. The van der Waals surface area contributed by atoms with Gasteiger partial charge in [0.2, 0.25) is 0 Å². The number of nitrogens with one attached hydrogen (secondary N) is 2. The highest BCUT2D eigenvalue weighted by Crippen LogP contribution is 2.06. The van der Waals surface area contributed by atoms with Crippen LogP contribution in [0.15, 0.2) is 94.5 Å². The van der Waals surface area contributed by atoms with Gasteiger partial charge >= 0.3 is 5.97 Å². The Morgan fingerprint density at radius 2 is 1.04 bits per heavy atom. The molecule has 4 rings (SSSR count). The molecule has 0 aliphatic rings. The van der Waals surface area contributed by atoms with E-state index < -0.39 is 34.7 Å². The van der Waals surface area contributed by atoms with E-state index in [0.717, 1.165) is 23.5 Å². The molecule has 2 aromatic carbocycles. The predicted molar refractivity (Wildman–Crippen MR) is 161 cm³/mol. The Balaban J connectivity index is 1.45. The van der Waals surface area contributed by atoms with Crippen molar-refractivity contribution in [3.8, 4) is 0 Å². The van der Waals surface area contributed by atoms with Crippen LogP contribution in [0.2, 0.25) is 0 Å². The van der Waals surface area contributed by atoms with Crippen LogP contribution in [-0.4, -0.2) is 53.2 Å². The largest absolute Gasteiger partial charge is 0.465 e. The second-order valence-electron chi connectivity index (χ2n) is 9.54. The Kier molecular flexibility index (Phi) is 10.6. The van der Waals surface area contributed by atoms with Crippen LogP contribution in [0.3, 0.4) is 0 Å². The van der Waals surface area contributed by atoms with Crippen molar-refractivity contribution in [2.45, 2.75) is 20.1 Å². The van der Waals surface area contributed by atoms with E-state index in [1.54, 1.807) is 48.5 Å². The highest BCUT2D eigenvalue weighted by atomic mass is 16.7. The molecular weight excluding hydrogens is 584 g/mol. The summed E-state index contributed by atoms with van der Waals surface area (Å²) in [6, 6.07) is 22.8. The van der Waals surface area contributed by atoms with Gasteiger partial charge in [-0.25, -0.2) is 4.79 Å². The zero-order valence-corrected chi connectivity index (χ0v) is 24.5. The van der Waals surface area contributed by atoms with E-state index in [9.17, 15) is 28.8 Å². The molecule has 13 nitrogen and oxygen atoms in total. The number of Topliss-reactive ketones (excluding diaryl/α,β-unsaturated/α-hetero) is 1. The van der Waals surface area contributed by atoms with Crippen molar-refractivity contribution in [1.82, 2.24) is 20.1 Å². The minimum absolute atomic E-state index is 0.0404. The maximum atomic E-state index is 13.0. The normalized spacial score (nSPS) is 10.4. The number of carbonyl (C=O) groups excluding carboxylic acids is 4. The molecule has 2 heterocycles. The second kappa shape index (κ2) is 15.0. The molecule has 0 unspecified atom stereocenters. The van der Waals surface area contributed by atoms with Gasteiger partial charge in [-0.1, -0.05) is 60.7 Å². The Labute approximate surface area is 256 Å². The summed E-state index contributed by atoms with van der Waals surface area (Å²) < 4.78 is 6.13. The average molecular weight is 615 g/mol. The van der Waals surface area contributed by atoms with E-state index in [0.29, 0.717) is 10.3 Å². The molecule has 0 saturated carbocycles. The first kappa shape index (κ1) is 31.9. The van der Waals surface area contributed by atoms with Crippen molar-refractivity contribution < 1.29 is 33.6 Å². The number of ketones is 1. The molecule has 2 amide bonds. The molecule has 0 saturated heterocycles. The molecule has 0 atom stereocenters. The second-order valence-corrected chi connectivity index (χ2v) is 9.54.